The molecule has 0 saturated carbocycles. The van der Waals surface area contributed by atoms with Crippen molar-refractivity contribution in [3.8, 4) is 0 Å². The van der Waals surface area contributed by atoms with Crippen molar-refractivity contribution in [1.82, 2.24) is 0 Å². The molecular weight excluding hydrogens is 396 g/mol. The van der Waals surface area contributed by atoms with Gasteiger partial charge in [0.15, 0.2) is 5.76 Å². The Morgan fingerprint density at radius 1 is 1.25 bits per heavy atom. The van der Waals surface area contributed by atoms with Gasteiger partial charge in [-0.25, -0.2) is 8.42 Å². The smallest absolute Gasteiger partial charge is 0.293 e. The number of carbonyl (C=O) groups is 1. The predicted molar refractivity (Wildman–Crippen MR) is 110 cm³/mol. The molecule has 146 valence electrons. The topological polar surface area (TPSA) is 79.6 Å². The third-order valence-corrected chi connectivity index (χ3v) is 7.79. The van der Waals surface area contributed by atoms with E-state index in [0.717, 1.165) is 29.7 Å². The van der Waals surface area contributed by atoms with Crippen LogP contribution in [0.4, 0.5) is 11.4 Å². The molecule has 3 aromatic rings. The number of sulfonamides is 1. The van der Waals surface area contributed by atoms with Gasteiger partial charge in [-0.2, -0.15) is 0 Å². The molecule has 0 unspecified atom stereocenters. The average molecular weight is 417 g/mol. The van der Waals surface area contributed by atoms with Crippen molar-refractivity contribution >= 4 is 38.6 Å². The standard InChI is InChI=1S/C20H20N2O4S2/c1-2-16-9-10-19(27-16)28(24,25)21-15-8-7-14-5-3-11-22(17(14)13-15)20(23)18-6-4-12-26-18/h4,6-10,12-13,21H,2-3,5,11H2,1H3. The zero-order valence-electron chi connectivity index (χ0n) is 15.3. The van der Waals surface area contributed by atoms with E-state index in [1.807, 2.05) is 19.1 Å². The molecule has 0 atom stereocenters. The van der Waals surface area contributed by atoms with Crippen molar-refractivity contribution in [1.29, 1.82) is 0 Å². The minimum atomic E-state index is -3.66. The van der Waals surface area contributed by atoms with Crippen molar-refractivity contribution in [2.24, 2.45) is 0 Å². The summed E-state index contributed by atoms with van der Waals surface area (Å²) in [6.45, 7) is 2.55. The van der Waals surface area contributed by atoms with Gasteiger partial charge in [-0.05, 0) is 61.2 Å². The number of fused-ring (bicyclic) bond motifs is 1. The van der Waals surface area contributed by atoms with Crippen molar-refractivity contribution in [2.45, 2.75) is 30.4 Å². The maximum atomic E-state index is 12.8. The van der Waals surface area contributed by atoms with Crippen molar-refractivity contribution in [3.63, 3.8) is 0 Å². The molecule has 8 heteroatoms. The van der Waals surface area contributed by atoms with Crippen LogP contribution < -0.4 is 9.62 Å². The monoisotopic (exact) mass is 416 g/mol. The molecule has 0 bridgehead atoms. The summed E-state index contributed by atoms with van der Waals surface area (Å²) in [6.07, 6.45) is 3.95. The van der Waals surface area contributed by atoms with E-state index in [2.05, 4.69) is 4.72 Å². The van der Waals surface area contributed by atoms with Gasteiger partial charge in [-0.15, -0.1) is 11.3 Å². The van der Waals surface area contributed by atoms with Crippen LogP contribution >= 0.6 is 11.3 Å². The summed E-state index contributed by atoms with van der Waals surface area (Å²) in [5.74, 6) is 0.0429. The highest BCUT2D eigenvalue weighted by Crippen LogP contribution is 2.32. The SMILES string of the molecule is CCc1ccc(S(=O)(=O)Nc2ccc3c(c2)N(C(=O)c2ccco2)CCC3)s1. The number of amides is 1. The zero-order chi connectivity index (χ0) is 19.7. The van der Waals surface area contributed by atoms with Crippen LogP contribution in [0.2, 0.25) is 0 Å². The maximum absolute atomic E-state index is 12.8. The molecule has 1 aliphatic heterocycles. The molecule has 6 nitrogen and oxygen atoms in total. The lowest BCUT2D eigenvalue weighted by atomic mass is 10.0. The van der Waals surface area contributed by atoms with Crippen LogP contribution in [0.15, 0.2) is 57.4 Å². The summed E-state index contributed by atoms with van der Waals surface area (Å²) >= 11 is 1.26. The molecule has 0 aliphatic carbocycles. The lowest BCUT2D eigenvalue weighted by molar-refractivity contribution is 0.0958. The Kier molecular flexibility index (Phi) is 4.99. The van der Waals surface area contributed by atoms with Crippen LogP contribution in [0.1, 0.15) is 34.3 Å². The summed E-state index contributed by atoms with van der Waals surface area (Å²) in [6, 6.07) is 12.1. The maximum Gasteiger partial charge on any atom is 0.293 e. The molecule has 2 aromatic heterocycles. The normalized spacial score (nSPS) is 14.0. The number of hydrogen-bond donors (Lipinski definition) is 1. The number of furan rings is 1. The number of rotatable bonds is 5. The largest absolute Gasteiger partial charge is 0.459 e. The second-order valence-corrected chi connectivity index (χ2v) is 9.64. The summed E-state index contributed by atoms with van der Waals surface area (Å²) in [5, 5.41) is 0. The van der Waals surface area contributed by atoms with Gasteiger partial charge in [-0.3, -0.25) is 9.52 Å². The summed E-state index contributed by atoms with van der Waals surface area (Å²) < 4.78 is 33.6. The molecule has 1 aliphatic rings. The van der Waals surface area contributed by atoms with Gasteiger partial charge in [-0.1, -0.05) is 13.0 Å². The van der Waals surface area contributed by atoms with Crippen molar-refractivity contribution in [2.75, 3.05) is 16.2 Å². The second kappa shape index (κ2) is 7.44. The van der Waals surface area contributed by atoms with Gasteiger partial charge < -0.3 is 9.32 Å². The van der Waals surface area contributed by atoms with E-state index in [9.17, 15) is 13.2 Å². The number of nitrogens with zero attached hydrogens (tertiary/aromatic N) is 1. The molecule has 0 fully saturated rings. The highest BCUT2D eigenvalue weighted by Gasteiger charge is 2.26. The molecule has 1 aromatic carbocycles. The number of aryl methyl sites for hydroxylation is 2. The van der Waals surface area contributed by atoms with Gasteiger partial charge in [0.05, 0.1) is 12.0 Å². The van der Waals surface area contributed by atoms with E-state index < -0.39 is 10.0 Å². The molecule has 0 spiro atoms. The van der Waals surface area contributed by atoms with E-state index in [0.29, 0.717) is 17.9 Å². The van der Waals surface area contributed by atoms with Crippen LogP contribution in [0.3, 0.4) is 0 Å². The van der Waals surface area contributed by atoms with E-state index in [1.165, 1.54) is 17.6 Å². The Bertz CT molecular complexity index is 1100. The van der Waals surface area contributed by atoms with Gasteiger partial charge in [0.25, 0.3) is 15.9 Å². The Labute approximate surface area is 167 Å². The fourth-order valence-corrected chi connectivity index (χ4v) is 5.63. The third-order valence-electron chi connectivity index (χ3n) is 4.68. The first-order chi connectivity index (χ1) is 13.5. The highest BCUT2D eigenvalue weighted by molar-refractivity contribution is 7.94. The van der Waals surface area contributed by atoms with Crippen LogP contribution in [-0.4, -0.2) is 20.9 Å². The first-order valence-electron chi connectivity index (χ1n) is 9.08. The minimum Gasteiger partial charge on any atom is -0.459 e. The number of anilines is 2. The third kappa shape index (κ3) is 3.57. The Balaban J connectivity index is 1.64. The van der Waals surface area contributed by atoms with Gasteiger partial charge >= 0.3 is 0 Å². The first-order valence-corrected chi connectivity index (χ1v) is 11.4. The second-order valence-electron chi connectivity index (χ2n) is 6.56. The van der Waals surface area contributed by atoms with Crippen LogP contribution in [0.25, 0.3) is 0 Å². The predicted octanol–water partition coefficient (Wildman–Crippen LogP) is 4.30. The fourth-order valence-electron chi connectivity index (χ4n) is 3.28. The number of hydrogen-bond acceptors (Lipinski definition) is 5. The van der Waals surface area contributed by atoms with Crippen molar-refractivity contribution < 1.29 is 17.6 Å². The van der Waals surface area contributed by atoms with Crippen LogP contribution in [0, 0.1) is 0 Å². The van der Waals surface area contributed by atoms with Crippen LogP contribution in [-0.2, 0) is 22.9 Å². The Hall–Kier alpha value is -2.58. The summed E-state index contributed by atoms with van der Waals surface area (Å²) in [7, 11) is -3.66. The van der Waals surface area contributed by atoms with Crippen LogP contribution in [0.5, 0.6) is 0 Å². The molecule has 1 N–H and O–H groups in total. The average Bonchev–Trinajstić information content (AvgIpc) is 3.38. The molecule has 28 heavy (non-hydrogen) atoms. The number of benzene rings is 1. The molecule has 0 radical (unpaired) electrons. The fraction of sp³-hybridized carbons (Fsp3) is 0.250. The number of nitrogens with one attached hydrogen (secondary N) is 1. The highest BCUT2D eigenvalue weighted by atomic mass is 32.2. The lowest BCUT2D eigenvalue weighted by Gasteiger charge is -2.29. The molecule has 4 rings (SSSR count). The quantitative estimate of drug-likeness (QED) is 0.673. The zero-order valence-corrected chi connectivity index (χ0v) is 17.0. The molecular formula is C20H20N2O4S2. The molecule has 0 saturated heterocycles. The van der Waals surface area contributed by atoms with Gasteiger partial charge in [0.2, 0.25) is 0 Å². The van der Waals surface area contributed by atoms with Gasteiger partial charge in [0.1, 0.15) is 4.21 Å². The van der Waals surface area contributed by atoms with E-state index in [4.69, 9.17) is 4.42 Å². The van der Waals surface area contributed by atoms with E-state index >= 15 is 0 Å². The molecule has 1 amide bonds. The van der Waals surface area contributed by atoms with E-state index in [-0.39, 0.29) is 15.9 Å². The Morgan fingerprint density at radius 2 is 2.11 bits per heavy atom. The van der Waals surface area contributed by atoms with E-state index in [1.54, 1.807) is 35.2 Å². The van der Waals surface area contributed by atoms with Gasteiger partial charge in [0, 0.05) is 17.1 Å². The number of carbonyl (C=O) groups excluding carboxylic acids is 1. The van der Waals surface area contributed by atoms with Crippen molar-refractivity contribution in [3.05, 3.63) is 64.9 Å². The first kappa shape index (κ1) is 18.8. The lowest BCUT2D eigenvalue weighted by Crippen LogP contribution is -2.35. The number of thiophene rings is 1. The minimum absolute atomic E-state index is 0.225. The summed E-state index contributed by atoms with van der Waals surface area (Å²) in [4.78, 5) is 15.4. The Morgan fingerprint density at radius 3 is 2.82 bits per heavy atom. The molecule has 3 heterocycles. The summed E-state index contributed by atoms with van der Waals surface area (Å²) in [5.41, 5.74) is 2.16.